The first-order valence-electron chi connectivity index (χ1n) is 13.6. The SMILES string of the molecule is CCC(=O)C1C[C@@H]2CCCC[C@@H]2CN1C[C@@H](O)[C@H](CSc1ccccc1)NC(=O)c1cccc(O)c1C. The zero-order chi connectivity index (χ0) is 26.4. The Morgan fingerprint density at radius 3 is 2.54 bits per heavy atom. The summed E-state index contributed by atoms with van der Waals surface area (Å²) in [5, 5.41) is 24.6. The average molecular weight is 525 g/mol. The number of aliphatic hydroxyl groups is 1. The Balaban J connectivity index is 1.51. The van der Waals surface area contributed by atoms with Crippen molar-refractivity contribution in [2.45, 2.75) is 75.5 Å². The molecule has 2 aromatic rings. The number of likely N-dealkylation sites (tertiary alicyclic amines) is 1. The lowest BCUT2D eigenvalue weighted by Gasteiger charge is -2.46. The summed E-state index contributed by atoms with van der Waals surface area (Å²) in [4.78, 5) is 29.4. The molecule has 1 unspecified atom stereocenters. The molecule has 1 aliphatic carbocycles. The molecule has 7 heteroatoms. The molecule has 2 aliphatic rings. The van der Waals surface area contributed by atoms with E-state index in [4.69, 9.17) is 0 Å². The topological polar surface area (TPSA) is 89.9 Å². The van der Waals surface area contributed by atoms with Crippen molar-refractivity contribution in [2.75, 3.05) is 18.8 Å². The maximum Gasteiger partial charge on any atom is 0.252 e. The van der Waals surface area contributed by atoms with Crippen LogP contribution in [0.1, 0.15) is 61.4 Å². The number of aromatic hydroxyl groups is 1. The molecule has 0 aromatic heterocycles. The van der Waals surface area contributed by atoms with Gasteiger partial charge in [-0.1, -0.05) is 50.5 Å². The largest absolute Gasteiger partial charge is 0.508 e. The van der Waals surface area contributed by atoms with E-state index in [9.17, 15) is 19.8 Å². The van der Waals surface area contributed by atoms with Gasteiger partial charge in [-0.15, -0.1) is 11.8 Å². The van der Waals surface area contributed by atoms with Crippen LogP contribution < -0.4 is 5.32 Å². The quantitative estimate of drug-likeness (QED) is 0.387. The number of aliphatic hydroxyl groups excluding tert-OH is 1. The van der Waals surface area contributed by atoms with Gasteiger partial charge < -0.3 is 15.5 Å². The summed E-state index contributed by atoms with van der Waals surface area (Å²) in [6.07, 6.45) is 5.40. The fourth-order valence-electron chi connectivity index (χ4n) is 5.91. The van der Waals surface area contributed by atoms with Gasteiger partial charge in [0.15, 0.2) is 0 Å². The van der Waals surface area contributed by atoms with Crippen LogP contribution >= 0.6 is 11.8 Å². The number of piperidine rings is 1. The van der Waals surface area contributed by atoms with Gasteiger partial charge in [-0.2, -0.15) is 0 Å². The van der Waals surface area contributed by atoms with Gasteiger partial charge in [-0.05, 0) is 55.9 Å². The van der Waals surface area contributed by atoms with Gasteiger partial charge in [0.25, 0.3) is 5.91 Å². The van der Waals surface area contributed by atoms with Crippen molar-refractivity contribution in [3.05, 3.63) is 59.7 Å². The standard InChI is InChI=1S/C30H40N2O4S/c1-3-27(33)26-16-21-10-7-8-11-22(21)17-32(26)18-29(35)25(19-37-23-12-5-4-6-13-23)31-30(36)24-14-9-15-28(34)20(24)2/h4-6,9,12-15,21-22,25-26,29,34-35H,3,7-8,10-11,16-19H2,1-2H3,(H,31,36)/t21-,22+,25-,26?,29+/m0/s1. The van der Waals surface area contributed by atoms with Crippen molar-refractivity contribution in [2.24, 2.45) is 11.8 Å². The molecule has 4 rings (SSSR count). The minimum absolute atomic E-state index is 0.0691. The van der Waals surface area contributed by atoms with Crippen molar-refractivity contribution in [3.63, 3.8) is 0 Å². The van der Waals surface area contributed by atoms with Crippen LogP contribution in [0.5, 0.6) is 5.75 Å². The summed E-state index contributed by atoms with van der Waals surface area (Å²) in [7, 11) is 0. The van der Waals surface area contributed by atoms with E-state index in [1.165, 1.54) is 25.7 Å². The molecule has 1 saturated carbocycles. The summed E-state index contributed by atoms with van der Waals surface area (Å²) in [5.74, 6) is 1.65. The van der Waals surface area contributed by atoms with Gasteiger partial charge >= 0.3 is 0 Å². The second kappa shape index (κ2) is 12.9. The van der Waals surface area contributed by atoms with Crippen LogP contribution in [0.15, 0.2) is 53.4 Å². The first-order chi connectivity index (χ1) is 17.9. The second-order valence-corrected chi connectivity index (χ2v) is 11.6. The molecule has 5 atom stereocenters. The molecule has 0 radical (unpaired) electrons. The first-order valence-corrected chi connectivity index (χ1v) is 14.6. The summed E-state index contributed by atoms with van der Waals surface area (Å²) < 4.78 is 0. The Morgan fingerprint density at radius 2 is 1.81 bits per heavy atom. The van der Waals surface area contributed by atoms with Crippen LogP contribution in [0.3, 0.4) is 0 Å². The van der Waals surface area contributed by atoms with Crippen molar-refractivity contribution in [1.82, 2.24) is 10.2 Å². The summed E-state index contributed by atoms with van der Waals surface area (Å²) in [5.41, 5.74) is 0.904. The fraction of sp³-hybridized carbons (Fsp3) is 0.533. The molecule has 0 bridgehead atoms. The van der Waals surface area contributed by atoms with E-state index in [2.05, 4.69) is 10.2 Å². The highest BCUT2D eigenvalue weighted by Crippen LogP contribution is 2.39. The van der Waals surface area contributed by atoms with E-state index in [1.54, 1.807) is 36.9 Å². The van der Waals surface area contributed by atoms with Crippen LogP contribution in [0, 0.1) is 18.8 Å². The van der Waals surface area contributed by atoms with Gasteiger partial charge in [0.05, 0.1) is 18.2 Å². The Morgan fingerprint density at radius 1 is 1.08 bits per heavy atom. The highest BCUT2D eigenvalue weighted by molar-refractivity contribution is 7.99. The van der Waals surface area contributed by atoms with Gasteiger partial charge in [0.2, 0.25) is 0 Å². The normalized spacial score (nSPS) is 23.6. The molecule has 200 valence electrons. The zero-order valence-corrected chi connectivity index (χ0v) is 22.8. The number of ketones is 1. The van der Waals surface area contributed by atoms with Gasteiger partial charge in [-0.25, -0.2) is 0 Å². The molecule has 6 nitrogen and oxygen atoms in total. The van der Waals surface area contributed by atoms with Crippen molar-refractivity contribution in [3.8, 4) is 5.75 Å². The van der Waals surface area contributed by atoms with Gasteiger partial charge in [0.1, 0.15) is 11.5 Å². The molecular weight excluding hydrogens is 484 g/mol. The number of carbonyl (C=O) groups is 2. The Hall–Kier alpha value is -2.35. The van der Waals surface area contributed by atoms with E-state index < -0.39 is 12.1 Å². The molecule has 1 aliphatic heterocycles. The van der Waals surface area contributed by atoms with Crippen LogP contribution in [0.4, 0.5) is 0 Å². The van der Waals surface area contributed by atoms with E-state index in [1.807, 2.05) is 37.3 Å². The highest BCUT2D eigenvalue weighted by Gasteiger charge is 2.40. The van der Waals surface area contributed by atoms with E-state index in [0.717, 1.165) is 17.9 Å². The number of fused-ring (bicyclic) bond motifs is 1. The number of amides is 1. The van der Waals surface area contributed by atoms with Crippen LogP contribution in [-0.2, 0) is 4.79 Å². The Labute approximate surface area is 224 Å². The number of phenols is 1. The smallest absolute Gasteiger partial charge is 0.252 e. The molecule has 1 saturated heterocycles. The predicted molar refractivity (Wildman–Crippen MR) is 148 cm³/mol. The third-order valence-corrected chi connectivity index (χ3v) is 9.28. The molecule has 3 N–H and O–H groups in total. The number of phenolic OH excluding ortho intramolecular Hbond substituents is 1. The number of hydrogen-bond acceptors (Lipinski definition) is 6. The Bertz CT molecular complexity index is 1060. The number of hydrogen-bond donors (Lipinski definition) is 3. The first kappa shape index (κ1) is 27.7. The van der Waals surface area contributed by atoms with Crippen molar-refractivity contribution >= 4 is 23.5 Å². The molecule has 0 spiro atoms. The van der Waals surface area contributed by atoms with Crippen LogP contribution in [0.2, 0.25) is 0 Å². The number of benzene rings is 2. The fourth-order valence-corrected chi connectivity index (χ4v) is 6.93. The molecule has 2 aromatic carbocycles. The maximum atomic E-state index is 13.2. The molecule has 37 heavy (non-hydrogen) atoms. The number of rotatable bonds is 10. The van der Waals surface area contributed by atoms with Crippen LogP contribution in [0.25, 0.3) is 0 Å². The lowest BCUT2D eigenvalue weighted by Crippen LogP contribution is -2.57. The third kappa shape index (κ3) is 6.95. The molecule has 1 heterocycles. The molecular formula is C30H40N2O4S. The monoisotopic (exact) mass is 524 g/mol. The highest BCUT2D eigenvalue weighted by atomic mass is 32.2. The van der Waals surface area contributed by atoms with Gasteiger partial charge in [0, 0.05) is 41.3 Å². The summed E-state index contributed by atoms with van der Waals surface area (Å²) >= 11 is 1.58. The molecule has 1 amide bonds. The second-order valence-electron chi connectivity index (χ2n) is 10.6. The minimum Gasteiger partial charge on any atom is -0.508 e. The summed E-state index contributed by atoms with van der Waals surface area (Å²) in [6.45, 7) is 4.81. The average Bonchev–Trinajstić information content (AvgIpc) is 2.92. The van der Waals surface area contributed by atoms with Crippen molar-refractivity contribution < 1.29 is 19.8 Å². The number of thioether (sulfide) groups is 1. The van der Waals surface area contributed by atoms with E-state index in [-0.39, 0.29) is 23.5 Å². The number of carbonyl (C=O) groups excluding carboxylic acids is 2. The van der Waals surface area contributed by atoms with Crippen LogP contribution in [-0.4, -0.2) is 63.8 Å². The van der Waals surface area contributed by atoms with E-state index in [0.29, 0.717) is 41.7 Å². The number of nitrogens with one attached hydrogen (secondary N) is 1. The third-order valence-electron chi connectivity index (χ3n) is 8.15. The number of nitrogens with zero attached hydrogens (tertiary/aromatic N) is 1. The lowest BCUT2D eigenvalue weighted by molar-refractivity contribution is -0.128. The van der Waals surface area contributed by atoms with Gasteiger partial charge in [-0.3, -0.25) is 14.5 Å². The van der Waals surface area contributed by atoms with Crippen molar-refractivity contribution in [1.29, 1.82) is 0 Å². The summed E-state index contributed by atoms with van der Waals surface area (Å²) in [6, 6.07) is 14.1. The maximum absolute atomic E-state index is 13.2. The molecule has 2 fully saturated rings. The zero-order valence-electron chi connectivity index (χ0n) is 21.9. The Kier molecular flexibility index (Phi) is 9.68. The number of Topliss-reactive ketones (excluding diaryl/α,β-unsaturated/α-hetero) is 1. The minimum atomic E-state index is -0.843. The predicted octanol–water partition coefficient (Wildman–Crippen LogP) is 4.81. The lowest BCUT2D eigenvalue weighted by atomic mass is 9.72. The number of β-amino-alcohol motifs (C(OH)–C–C–N with tert-alkyl or cyclic N) is 1. The van der Waals surface area contributed by atoms with E-state index >= 15 is 0 Å².